The minimum Gasteiger partial charge on any atom is -0.361 e. The van der Waals surface area contributed by atoms with Crippen LogP contribution >= 0.6 is 11.8 Å². The van der Waals surface area contributed by atoms with Crippen molar-refractivity contribution in [2.24, 2.45) is 7.05 Å². The highest BCUT2D eigenvalue weighted by Gasteiger charge is 2.08. The van der Waals surface area contributed by atoms with E-state index in [1.54, 1.807) is 17.8 Å². The molecule has 0 saturated carbocycles. The number of rotatable bonds is 6. The lowest BCUT2D eigenvalue weighted by Crippen LogP contribution is -2.27. The first-order valence-electron chi connectivity index (χ1n) is 5.69. The monoisotopic (exact) mass is 282 g/mol. The van der Waals surface area contributed by atoms with Gasteiger partial charge < -0.3 is 9.84 Å². The molecule has 0 fully saturated rings. The molecule has 0 saturated heterocycles. The predicted octanol–water partition coefficient (Wildman–Crippen LogP) is -0.0425. The van der Waals surface area contributed by atoms with Crippen molar-refractivity contribution >= 4 is 17.7 Å². The summed E-state index contributed by atoms with van der Waals surface area (Å²) in [4.78, 5) is 11.6. The van der Waals surface area contributed by atoms with Crippen LogP contribution in [0.1, 0.15) is 11.5 Å². The molecular formula is C10H14N6O2S. The van der Waals surface area contributed by atoms with Gasteiger partial charge in [0.15, 0.2) is 0 Å². The van der Waals surface area contributed by atoms with Gasteiger partial charge in [-0.25, -0.2) is 4.68 Å². The van der Waals surface area contributed by atoms with Crippen molar-refractivity contribution in [1.82, 2.24) is 30.7 Å². The standard InChI is InChI=1S/C10H14N6O2S/c1-7-5-8(18-13-7)6-9(17)11-3-4-19-10-12-14-15-16(10)2/h5H,3-4,6H2,1-2H3,(H,11,17). The van der Waals surface area contributed by atoms with Crippen LogP contribution in [0.5, 0.6) is 0 Å². The number of carbonyl (C=O) groups excluding carboxylic acids is 1. The van der Waals surface area contributed by atoms with Gasteiger partial charge in [-0.15, -0.1) is 5.10 Å². The molecule has 9 heteroatoms. The zero-order valence-corrected chi connectivity index (χ0v) is 11.5. The number of hydrogen-bond donors (Lipinski definition) is 1. The van der Waals surface area contributed by atoms with Gasteiger partial charge in [0, 0.05) is 25.4 Å². The van der Waals surface area contributed by atoms with Crippen LogP contribution in [0, 0.1) is 6.92 Å². The second-order valence-corrected chi connectivity index (χ2v) is 4.96. The Kier molecular flexibility index (Phi) is 4.50. The second kappa shape index (κ2) is 6.32. The van der Waals surface area contributed by atoms with Crippen molar-refractivity contribution in [2.45, 2.75) is 18.5 Å². The van der Waals surface area contributed by atoms with E-state index in [1.165, 1.54) is 11.8 Å². The van der Waals surface area contributed by atoms with Gasteiger partial charge in [-0.1, -0.05) is 16.9 Å². The first-order chi connectivity index (χ1) is 9.15. The summed E-state index contributed by atoms with van der Waals surface area (Å²) in [5.41, 5.74) is 0.771. The van der Waals surface area contributed by atoms with Gasteiger partial charge in [0.05, 0.1) is 12.1 Å². The number of tetrazole rings is 1. The molecule has 1 amide bonds. The molecule has 19 heavy (non-hydrogen) atoms. The molecular weight excluding hydrogens is 268 g/mol. The van der Waals surface area contributed by atoms with Gasteiger partial charge in [-0.3, -0.25) is 4.79 Å². The van der Waals surface area contributed by atoms with Gasteiger partial charge in [0.2, 0.25) is 11.1 Å². The molecule has 0 aliphatic carbocycles. The zero-order chi connectivity index (χ0) is 13.7. The fourth-order valence-corrected chi connectivity index (χ4v) is 2.10. The number of carbonyl (C=O) groups is 1. The molecule has 0 aromatic carbocycles. The molecule has 0 bridgehead atoms. The zero-order valence-electron chi connectivity index (χ0n) is 10.7. The molecule has 102 valence electrons. The minimum absolute atomic E-state index is 0.0900. The summed E-state index contributed by atoms with van der Waals surface area (Å²) in [5.74, 6) is 1.18. The largest absolute Gasteiger partial charge is 0.361 e. The van der Waals surface area contributed by atoms with Crippen molar-refractivity contribution in [3.05, 3.63) is 17.5 Å². The van der Waals surface area contributed by atoms with Crippen molar-refractivity contribution in [1.29, 1.82) is 0 Å². The van der Waals surface area contributed by atoms with Crippen LogP contribution in [-0.4, -0.2) is 43.6 Å². The number of aryl methyl sites for hydroxylation is 2. The molecule has 0 aliphatic rings. The summed E-state index contributed by atoms with van der Waals surface area (Å²) in [6.07, 6.45) is 0.205. The van der Waals surface area contributed by atoms with E-state index in [4.69, 9.17) is 4.52 Å². The van der Waals surface area contributed by atoms with E-state index in [2.05, 4.69) is 26.0 Å². The van der Waals surface area contributed by atoms with Crippen LogP contribution in [0.4, 0.5) is 0 Å². The normalized spacial score (nSPS) is 10.6. The molecule has 2 aromatic rings. The van der Waals surface area contributed by atoms with Crippen molar-refractivity contribution in [2.75, 3.05) is 12.3 Å². The van der Waals surface area contributed by atoms with E-state index in [9.17, 15) is 4.79 Å². The van der Waals surface area contributed by atoms with Crippen molar-refractivity contribution in [3.8, 4) is 0 Å². The average molecular weight is 282 g/mol. The van der Waals surface area contributed by atoms with Crippen molar-refractivity contribution < 1.29 is 9.32 Å². The fourth-order valence-electron chi connectivity index (χ4n) is 1.40. The Hall–Kier alpha value is -1.90. The summed E-state index contributed by atoms with van der Waals surface area (Å²) < 4.78 is 6.56. The highest BCUT2D eigenvalue weighted by Crippen LogP contribution is 2.10. The summed E-state index contributed by atoms with van der Waals surface area (Å²) in [7, 11) is 1.77. The highest BCUT2D eigenvalue weighted by molar-refractivity contribution is 7.99. The third kappa shape index (κ3) is 4.05. The van der Waals surface area contributed by atoms with E-state index in [-0.39, 0.29) is 12.3 Å². The average Bonchev–Trinajstić information content (AvgIpc) is 2.94. The summed E-state index contributed by atoms with van der Waals surface area (Å²) in [6.45, 7) is 2.36. The van der Waals surface area contributed by atoms with Gasteiger partial charge in [0.1, 0.15) is 5.76 Å². The minimum atomic E-state index is -0.0900. The Labute approximate surface area is 113 Å². The molecule has 0 radical (unpaired) electrons. The Morgan fingerprint density at radius 2 is 2.42 bits per heavy atom. The molecule has 2 heterocycles. The number of amides is 1. The highest BCUT2D eigenvalue weighted by atomic mass is 32.2. The predicted molar refractivity (Wildman–Crippen MR) is 67.5 cm³/mol. The molecule has 8 nitrogen and oxygen atoms in total. The van der Waals surface area contributed by atoms with Gasteiger partial charge in [-0.2, -0.15) is 0 Å². The Bertz CT molecular complexity index is 552. The van der Waals surface area contributed by atoms with Crippen LogP contribution in [0.25, 0.3) is 0 Å². The third-order valence-electron chi connectivity index (χ3n) is 2.25. The maximum atomic E-state index is 11.6. The molecule has 0 aliphatic heterocycles. The number of nitrogens with zero attached hydrogens (tertiary/aromatic N) is 5. The summed E-state index contributed by atoms with van der Waals surface area (Å²) >= 11 is 1.48. The number of nitrogens with one attached hydrogen (secondary N) is 1. The van der Waals surface area contributed by atoms with Crippen molar-refractivity contribution in [3.63, 3.8) is 0 Å². The van der Waals surface area contributed by atoms with Gasteiger partial charge in [-0.05, 0) is 17.4 Å². The quantitative estimate of drug-likeness (QED) is 0.586. The molecule has 0 unspecified atom stereocenters. The topological polar surface area (TPSA) is 98.7 Å². The second-order valence-electron chi connectivity index (χ2n) is 3.89. The molecule has 2 rings (SSSR count). The molecule has 2 aromatic heterocycles. The number of hydrogen-bond acceptors (Lipinski definition) is 7. The van der Waals surface area contributed by atoms with Gasteiger partial charge in [0.25, 0.3) is 0 Å². The molecule has 1 N–H and O–H groups in total. The maximum absolute atomic E-state index is 11.6. The van der Waals surface area contributed by atoms with Crippen LogP contribution in [0.15, 0.2) is 15.7 Å². The van der Waals surface area contributed by atoms with E-state index >= 15 is 0 Å². The third-order valence-corrected chi connectivity index (χ3v) is 3.26. The van der Waals surface area contributed by atoms with E-state index in [1.807, 2.05) is 6.92 Å². The Morgan fingerprint density at radius 1 is 1.58 bits per heavy atom. The Morgan fingerprint density at radius 3 is 3.05 bits per heavy atom. The summed E-state index contributed by atoms with van der Waals surface area (Å²) in [6, 6.07) is 1.75. The molecule has 0 spiro atoms. The fraction of sp³-hybridized carbons (Fsp3) is 0.500. The number of aromatic nitrogens is 5. The first kappa shape index (κ1) is 13.5. The lowest BCUT2D eigenvalue weighted by Gasteiger charge is -2.02. The van der Waals surface area contributed by atoms with Crippen LogP contribution in [-0.2, 0) is 18.3 Å². The van der Waals surface area contributed by atoms with E-state index < -0.39 is 0 Å². The lowest BCUT2D eigenvalue weighted by atomic mass is 10.3. The van der Waals surface area contributed by atoms with Crippen LogP contribution < -0.4 is 5.32 Å². The van der Waals surface area contributed by atoms with E-state index in [0.29, 0.717) is 18.1 Å². The van der Waals surface area contributed by atoms with Gasteiger partial charge >= 0.3 is 0 Å². The summed E-state index contributed by atoms with van der Waals surface area (Å²) in [5, 5.41) is 18.3. The number of thioether (sulfide) groups is 1. The van der Waals surface area contributed by atoms with Crippen LogP contribution in [0.2, 0.25) is 0 Å². The SMILES string of the molecule is Cc1cc(CC(=O)NCCSc2nnnn2C)on1. The smallest absolute Gasteiger partial charge is 0.227 e. The Balaban J connectivity index is 1.65. The van der Waals surface area contributed by atoms with E-state index in [0.717, 1.165) is 10.9 Å². The molecule has 0 atom stereocenters. The maximum Gasteiger partial charge on any atom is 0.227 e. The first-order valence-corrected chi connectivity index (χ1v) is 6.68. The lowest BCUT2D eigenvalue weighted by molar-refractivity contribution is -0.120. The van der Waals surface area contributed by atoms with Crippen LogP contribution in [0.3, 0.4) is 0 Å².